The molecule has 16 heavy (non-hydrogen) atoms. The highest BCUT2D eigenvalue weighted by molar-refractivity contribution is 5.82. The van der Waals surface area contributed by atoms with Crippen LogP contribution >= 0.6 is 0 Å². The van der Waals surface area contributed by atoms with Crippen LogP contribution in [0.5, 0.6) is 0 Å². The molecule has 0 atom stereocenters. The summed E-state index contributed by atoms with van der Waals surface area (Å²) in [5.74, 6) is -0.199. The lowest BCUT2D eigenvalue weighted by Crippen LogP contribution is -2.13. The minimum Gasteiger partial charge on any atom is -0.857 e. The van der Waals surface area contributed by atoms with Crippen LogP contribution in [0.4, 0.5) is 5.69 Å². The van der Waals surface area contributed by atoms with E-state index in [1.54, 1.807) is 18.2 Å². The van der Waals surface area contributed by atoms with Gasteiger partial charge in [0.25, 0.3) is 5.69 Å². The third kappa shape index (κ3) is 2.05. The number of para-hydroxylation sites is 1. The lowest BCUT2D eigenvalue weighted by molar-refractivity contribution is -0.519. The zero-order chi connectivity index (χ0) is 11.5. The zero-order valence-electron chi connectivity index (χ0n) is 8.37. The first kappa shape index (κ1) is 10.3. The second-order valence-electron chi connectivity index (χ2n) is 3.35. The van der Waals surface area contributed by atoms with Gasteiger partial charge in [-0.15, -0.1) is 0 Å². The molecule has 2 rings (SSSR count). The number of nitro benzene ring substituents is 1. The van der Waals surface area contributed by atoms with E-state index in [-0.39, 0.29) is 11.6 Å². The first-order valence-corrected chi connectivity index (χ1v) is 4.76. The molecule has 0 N–H and O–H groups in total. The van der Waals surface area contributed by atoms with E-state index in [4.69, 9.17) is 0 Å². The smallest absolute Gasteiger partial charge is 0.282 e. The highest BCUT2D eigenvalue weighted by Gasteiger charge is 2.17. The van der Waals surface area contributed by atoms with E-state index in [0.29, 0.717) is 18.5 Å². The summed E-state index contributed by atoms with van der Waals surface area (Å²) in [5, 5.41) is 25.3. The van der Waals surface area contributed by atoms with Crippen molar-refractivity contribution in [2.45, 2.75) is 6.42 Å². The number of hydrazone groups is 1. The molecule has 1 aromatic carbocycles. The van der Waals surface area contributed by atoms with Gasteiger partial charge in [0.15, 0.2) is 6.54 Å². The SMILES string of the molecule is O=[N+]([O-])c1ccccc1/C=[N+]1/CCC([O-])=N1. The van der Waals surface area contributed by atoms with E-state index in [1.807, 2.05) is 0 Å². The number of nitro groups is 1. The third-order valence-electron chi connectivity index (χ3n) is 2.22. The summed E-state index contributed by atoms with van der Waals surface area (Å²) in [4.78, 5) is 10.3. The average molecular weight is 219 g/mol. The highest BCUT2D eigenvalue weighted by atomic mass is 16.6. The lowest BCUT2D eigenvalue weighted by atomic mass is 10.2. The van der Waals surface area contributed by atoms with Gasteiger partial charge in [-0.1, -0.05) is 16.8 Å². The maximum Gasteiger partial charge on any atom is 0.282 e. The monoisotopic (exact) mass is 219 g/mol. The Morgan fingerprint density at radius 3 is 2.81 bits per heavy atom. The standard InChI is InChI=1S/C10H9N3O3/c14-10-5-6-12(11-10)7-8-3-1-2-4-9(8)13(15)16/h1-4,7H,5-6H2/b12-7-. The fourth-order valence-corrected chi connectivity index (χ4v) is 1.47. The van der Waals surface area contributed by atoms with Crippen LogP contribution in [0.15, 0.2) is 29.4 Å². The summed E-state index contributed by atoms with van der Waals surface area (Å²) < 4.78 is 1.44. The Balaban J connectivity index is 2.38. The fraction of sp³-hybridized carbons (Fsp3) is 0.200. The maximum atomic E-state index is 10.9. The van der Waals surface area contributed by atoms with Crippen molar-refractivity contribution in [3.63, 3.8) is 0 Å². The topological polar surface area (TPSA) is 81.6 Å². The molecule has 0 saturated carbocycles. The summed E-state index contributed by atoms with van der Waals surface area (Å²) in [6, 6.07) is 6.35. The average Bonchev–Trinajstić information content (AvgIpc) is 2.64. The van der Waals surface area contributed by atoms with Crippen molar-refractivity contribution in [2.24, 2.45) is 5.10 Å². The number of nitrogens with zero attached hydrogens (tertiary/aromatic N) is 3. The van der Waals surface area contributed by atoms with Crippen molar-refractivity contribution in [2.75, 3.05) is 6.54 Å². The first-order valence-electron chi connectivity index (χ1n) is 4.76. The van der Waals surface area contributed by atoms with E-state index in [2.05, 4.69) is 5.10 Å². The van der Waals surface area contributed by atoms with Gasteiger partial charge in [-0.2, -0.15) is 0 Å². The van der Waals surface area contributed by atoms with E-state index in [9.17, 15) is 15.2 Å². The fourth-order valence-electron chi connectivity index (χ4n) is 1.47. The first-order chi connectivity index (χ1) is 7.66. The molecule has 1 aliphatic rings. The lowest BCUT2D eigenvalue weighted by Gasteiger charge is -1.94. The quantitative estimate of drug-likeness (QED) is 0.402. The molecule has 1 aliphatic heterocycles. The second-order valence-corrected chi connectivity index (χ2v) is 3.35. The van der Waals surface area contributed by atoms with Crippen molar-refractivity contribution in [3.8, 4) is 0 Å². The molecule has 6 nitrogen and oxygen atoms in total. The van der Waals surface area contributed by atoms with Crippen molar-refractivity contribution in [3.05, 3.63) is 39.9 Å². The van der Waals surface area contributed by atoms with Crippen LogP contribution in [0.25, 0.3) is 0 Å². The molecule has 82 valence electrons. The molecule has 6 heteroatoms. The van der Waals surface area contributed by atoms with Crippen molar-refractivity contribution in [1.29, 1.82) is 0 Å². The van der Waals surface area contributed by atoms with Crippen molar-refractivity contribution >= 4 is 17.8 Å². The Morgan fingerprint density at radius 1 is 1.44 bits per heavy atom. The predicted octanol–water partition coefficient (Wildman–Crippen LogP) is 0.104. The predicted molar refractivity (Wildman–Crippen MR) is 55.4 cm³/mol. The number of rotatable bonds is 2. The van der Waals surface area contributed by atoms with Gasteiger partial charge in [0, 0.05) is 18.4 Å². The molecular weight excluding hydrogens is 210 g/mol. The molecule has 1 heterocycles. The van der Waals surface area contributed by atoms with Gasteiger partial charge >= 0.3 is 0 Å². The highest BCUT2D eigenvalue weighted by Crippen LogP contribution is 2.15. The Bertz CT molecular complexity index is 494. The van der Waals surface area contributed by atoms with Gasteiger partial charge in [0.1, 0.15) is 5.56 Å². The summed E-state index contributed by atoms with van der Waals surface area (Å²) in [7, 11) is 0. The van der Waals surface area contributed by atoms with Crippen LogP contribution in [0, 0.1) is 10.1 Å². The second kappa shape index (κ2) is 4.09. The van der Waals surface area contributed by atoms with Gasteiger partial charge in [0.2, 0.25) is 6.21 Å². The minimum atomic E-state index is -0.455. The van der Waals surface area contributed by atoms with Gasteiger partial charge in [-0.05, 0) is 11.2 Å². The summed E-state index contributed by atoms with van der Waals surface area (Å²) >= 11 is 0. The molecule has 0 aliphatic carbocycles. The summed E-state index contributed by atoms with van der Waals surface area (Å²) in [6.45, 7) is 0.477. The van der Waals surface area contributed by atoms with Crippen LogP contribution in [0.1, 0.15) is 12.0 Å². The Kier molecular flexibility index (Phi) is 2.63. The zero-order valence-corrected chi connectivity index (χ0v) is 8.37. The van der Waals surface area contributed by atoms with Crippen LogP contribution in [0.3, 0.4) is 0 Å². The maximum absolute atomic E-state index is 10.9. The molecule has 0 unspecified atom stereocenters. The normalized spacial score (nSPS) is 17.5. The molecular formula is C10H9N3O3. The van der Waals surface area contributed by atoms with Crippen molar-refractivity contribution < 1.29 is 14.7 Å². The molecule has 0 aromatic heterocycles. The Labute approximate surface area is 91.3 Å². The van der Waals surface area contributed by atoms with Crippen LogP contribution in [0.2, 0.25) is 0 Å². The van der Waals surface area contributed by atoms with E-state index in [0.717, 1.165) is 0 Å². The van der Waals surface area contributed by atoms with E-state index < -0.39 is 4.92 Å². The summed E-state index contributed by atoms with van der Waals surface area (Å²) in [5.41, 5.74) is 0.461. The minimum absolute atomic E-state index is 0.0112. The van der Waals surface area contributed by atoms with E-state index >= 15 is 0 Å². The van der Waals surface area contributed by atoms with Crippen LogP contribution in [-0.4, -0.2) is 28.3 Å². The van der Waals surface area contributed by atoms with Crippen LogP contribution < -0.4 is 5.11 Å². The largest absolute Gasteiger partial charge is 0.857 e. The molecule has 0 bridgehead atoms. The van der Waals surface area contributed by atoms with Gasteiger partial charge in [0.05, 0.1) is 4.92 Å². The molecule has 0 radical (unpaired) electrons. The van der Waals surface area contributed by atoms with E-state index in [1.165, 1.54) is 17.0 Å². The van der Waals surface area contributed by atoms with Gasteiger partial charge in [-0.3, -0.25) is 10.1 Å². The Morgan fingerprint density at radius 2 is 2.19 bits per heavy atom. The van der Waals surface area contributed by atoms with Gasteiger partial charge in [-0.25, -0.2) is 0 Å². The molecule has 1 aromatic rings. The Hall–Kier alpha value is -2.24. The molecule has 0 saturated heterocycles. The van der Waals surface area contributed by atoms with Crippen LogP contribution in [-0.2, 0) is 0 Å². The molecule has 0 amide bonds. The summed E-state index contributed by atoms with van der Waals surface area (Å²) in [6.07, 6.45) is 1.88. The number of hydrogen-bond donors (Lipinski definition) is 0. The number of hydrogen-bond acceptors (Lipinski definition) is 4. The van der Waals surface area contributed by atoms with Gasteiger partial charge < -0.3 is 5.11 Å². The molecule has 0 fully saturated rings. The van der Waals surface area contributed by atoms with Crippen molar-refractivity contribution in [1.82, 2.24) is 0 Å². The molecule has 0 spiro atoms. The third-order valence-corrected chi connectivity index (χ3v) is 2.22. The number of benzene rings is 1.